The summed E-state index contributed by atoms with van der Waals surface area (Å²) in [6.45, 7) is 2.92. The summed E-state index contributed by atoms with van der Waals surface area (Å²) in [6.07, 6.45) is 1.65. The number of nitrogens with one attached hydrogen (secondary N) is 1. The minimum Gasteiger partial charge on any atom is -0.397 e. The maximum Gasteiger partial charge on any atom is 0.126 e. The normalized spacial score (nSPS) is 10.2. The number of aryl methyl sites for hydroxylation is 1. The Morgan fingerprint density at radius 2 is 2.20 bits per heavy atom. The van der Waals surface area contributed by atoms with Gasteiger partial charge in [0, 0.05) is 9.75 Å². The number of rotatable bonds is 3. The molecule has 0 amide bonds. The van der Waals surface area contributed by atoms with Crippen LogP contribution in [0, 0.1) is 6.92 Å². The van der Waals surface area contributed by atoms with E-state index in [1.165, 1.54) is 9.75 Å². The highest BCUT2D eigenvalue weighted by Gasteiger charge is 1.97. The minimum atomic E-state index is 0.688. The molecule has 0 saturated carbocycles. The molecule has 3 N–H and O–H groups in total. The molecule has 0 fully saturated rings. The van der Waals surface area contributed by atoms with Crippen LogP contribution in [0.4, 0.5) is 11.5 Å². The van der Waals surface area contributed by atoms with Gasteiger partial charge < -0.3 is 11.1 Å². The van der Waals surface area contributed by atoms with Gasteiger partial charge in [-0.3, -0.25) is 0 Å². The molecule has 2 heterocycles. The van der Waals surface area contributed by atoms with Crippen LogP contribution < -0.4 is 11.1 Å². The lowest BCUT2D eigenvalue weighted by Crippen LogP contribution is -1.99. The van der Waals surface area contributed by atoms with Gasteiger partial charge in [0.2, 0.25) is 0 Å². The van der Waals surface area contributed by atoms with Crippen LogP contribution in [0.2, 0.25) is 0 Å². The van der Waals surface area contributed by atoms with E-state index in [-0.39, 0.29) is 0 Å². The Balaban J connectivity index is 1.96. The first kappa shape index (κ1) is 9.98. The van der Waals surface area contributed by atoms with Crippen molar-refractivity contribution >= 4 is 22.8 Å². The number of thiophene rings is 1. The lowest BCUT2D eigenvalue weighted by Gasteiger charge is -2.03. The van der Waals surface area contributed by atoms with Crippen LogP contribution in [0.5, 0.6) is 0 Å². The van der Waals surface area contributed by atoms with E-state index in [4.69, 9.17) is 5.73 Å². The minimum absolute atomic E-state index is 0.688. The number of hydrogen-bond acceptors (Lipinski definition) is 4. The fourth-order valence-corrected chi connectivity index (χ4v) is 2.10. The van der Waals surface area contributed by atoms with Gasteiger partial charge in [-0.25, -0.2) is 4.98 Å². The molecule has 4 heteroatoms. The van der Waals surface area contributed by atoms with Crippen molar-refractivity contribution in [2.45, 2.75) is 13.5 Å². The van der Waals surface area contributed by atoms with E-state index in [0.717, 1.165) is 12.4 Å². The van der Waals surface area contributed by atoms with E-state index in [2.05, 4.69) is 29.4 Å². The first-order valence-electron chi connectivity index (χ1n) is 4.75. The van der Waals surface area contributed by atoms with Gasteiger partial charge in [-0.1, -0.05) is 0 Å². The number of nitrogens with zero attached hydrogens (tertiary/aromatic N) is 1. The van der Waals surface area contributed by atoms with Crippen LogP contribution in [0.1, 0.15) is 9.75 Å². The second-order valence-electron chi connectivity index (χ2n) is 3.34. The third kappa shape index (κ3) is 2.70. The Kier molecular flexibility index (Phi) is 2.87. The van der Waals surface area contributed by atoms with Crippen LogP contribution in [-0.2, 0) is 6.54 Å². The van der Waals surface area contributed by atoms with Crippen molar-refractivity contribution in [2.75, 3.05) is 11.1 Å². The standard InChI is InChI=1S/C11H13N3S/c1-8-2-4-10(15-8)7-14-11-5-3-9(12)6-13-11/h2-6H,7,12H2,1H3,(H,13,14). The molecule has 15 heavy (non-hydrogen) atoms. The molecule has 2 rings (SSSR count). The molecule has 0 bridgehead atoms. The molecule has 0 unspecified atom stereocenters. The van der Waals surface area contributed by atoms with Crippen LogP contribution in [0.3, 0.4) is 0 Å². The Morgan fingerprint density at radius 1 is 1.33 bits per heavy atom. The van der Waals surface area contributed by atoms with Crippen molar-refractivity contribution in [1.82, 2.24) is 4.98 Å². The molecule has 78 valence electrons. The molecular weight excluding hydrogens is 206 g/mol. The molecule has 0 saturated heterocycles. The molecule has 0 spiro atoms. The number of aromatic nitrogens is 1. The molecule has 0 atom stereocenters. The Morgan fingerprint density at radius 3 is 2.80 bits per heavy atom. The molecule has 0 aliphatic heterocycles. The molecule has 0 aromatic carbocycles. The highest BCUT2D eigenvalue weighted by Crippen LogP contribution is 2.16. The molecule has 0 aliphatic rings. The lowest BCUT2D eigenvalue weighted by molar-refractivity contribution is 1.14. The second kappa shape index (κ2) is 4.31. The van der Waals surface area contributed by atoms with Crippen LogP contribution >= 0.6 is 11.3 Å². The Labute approximate surface area is 93.0 Å². The smallest absolute Gasteiger partial charge is 0.126 e. The third-order valence-corrected chi connectivity index (χ3v) is 3.03. The highest BCUT2D eigenvalue weighted by atomic mass is 32.1. The SMILES string of the molecule is Cc1ccc(CNc2ccc(N)cn2)s1. The Bertz CT molecular complexity index is 433. The summed E-state index contributed by atoms with van der Waals surface area (Å²) < 4.78 is 0. The average molecular weight is 219 g/mol. The van der Waals surface area contributed by atoms with E-state index in [1.807, 2.05) is 12.1 Å². The zero-order valence-electron chi connectivity index (χ0n) is 8.53. The fourth-order valence-electron chi connectivity index (χ4n) is 1.27. The molecule has 0 aliphatic carbocycles. The molecule has 2 aromatic heterocycles. The van der Waals surface area contributed by atoms with Gasteiger partial charge in [0.05, 0.1) is 18.4 Å². The largest absolute Gasteiger partial charge is 0.397 e. The first-order valence-corrected chi connectivity index (χ1v) is 5.56. The maximum atomic E-state index is 5.55. The van der Waals surface area contributed by atoms with Crippen LogP contribution in [0.25, 0.3) is 0 Å². The predicted molar refractivity (Wildman–Crippen MR) is 65.0 cm³/mol. The maximum absolute atomic E-state index is 5.55. The summed E-state index contributed by atoms with van der Waals surface area (Å²) in [7, 11) is 0. The topological polar surface area (TPSA) is 50.9 Å². The number of nitrogen functional groups attached to an aromatic ring is 1. The predicted octanol–water partition coefficient (Wildman–Crippen LogP) is 2.65. The van der Waals surface area contributed by atoms with Gasteiger partial charge in [-0.2, -0.15) is 0 Å². The quantitative estimate of drug-likeness (QED) is 0.834. The summed E-state index contributed by atoms with van der Waals surface area (Å²) in [5.41, 5.74) is 6.24. The van der Waals surface area contributed by atoms with Crippen molar-refractivity contribution in [1.29, 1.82) is 0 Å². The zero-order valence-corrected chi connectivity index (χ0v) is 9.34. The van der Waals surface area contributed by atoms with Gasteiger partial charge in [0.25, 0.3) is 0 Å². The molecule has 2 aromatic rings. The monoisotopic (exact) mass is 219 g/mol. The van der Waals surface area contributed by atoms with Crippen molar-refractivity contribution in [3.8, 4) is 0 Å². The third-order valence-electron chi connectivity index (χ3n) is 2.03. The van der Waals surface area contributed by atoms with Crippen LogP contribution in [0.15, 0.2) is 30.5 Å². The second-order valence-corrected chi connectivity index (χ2v) is 4.72. The van der Waals surface area contributed by atoms with Gasteiger partial charge in [-0.05, 0) is 31.2 Å². The summed E-state index contributed by atoms with van der Waals surface area (Å²) in [5.74, 6) is 0.857. The number of nitrogens with two attached hydrogens (primary N) is 1. The summed E-state index contributed by atoms with van der Waals surface area (Å²) in [4.78, 5) is 6.81. The fraction of sp³-hybridized carbons (Fsp3) is 0.182. The summed E-state index contributed by atoms with van der Waals surface area (Å²) in [5, 5.41) is 3.25. The zero-order chi connectivity index (χ0) is 10.7. The van der Waals surface area contributed by atoms with Crippen molar-refractivity contribution < 1.29 is 0 Å². The van der Waals surface area contributed by atoms with Crippen LogP contribution in [-0.4, -0.2) is 4.98 Å². The highest BCUT2D eigenvalue weighted by molar-refractivity contribution is 7.11. The number of anilines is 2. The van der Waals surface area contributed by atoms with Crippen molar-refractivity contribution in [2.24, 2.45) is 0 Å². The lowest BCUT2D eigenvalue weighted by atomic mass is 10.4. The van der Waals surface area contributed by atoms with Crippen molar-refractivity contribution in [3.63, 3.8) is 0 Å². The Hall–Kier alpha value is -1.55. The average Bonchev–Trinajstić information content (AvgIpc) is 2.64. The van der Waals surface area contributed by atoms with E-state index < -0.39 is 0 Å². The van der Waals surface area contributed by atoms with E-state index in [0.29, 0.717) is 5.69 Å². The van der Waals surface area contributed by atoms with E-state index in [9.17, 15) is 0 Å². The van der Waals surface area contributed by atoms with Gasteiger partial charge in [0.15, 0.2) is 0 Å². The summed E-state index contributed by atoms with van der Waals surface area (Å²) in [6, 6.07) is 7.98. The molecule has 0 radical (unpaired) electrons. The van der Waals surface area contributed by atoms with E-state index in [1.54, 1.807) is 17.5 Å². The molecule has 3 nitrogen and oxygen atoms in total. The van der Waals surface area contributed by atoms with Crippen molar-refractivity contribution in [3.05, 3.63) is 40.2 Å². The molecular formula is C11H13N3S. The summed E-state index contributed by atoms with van der Waals surface area (Å²) >= 11 is 1.80. The van der Waals surface area contributed by atoms with E-state index >= 15 is 0 Å². The van der Waals surface area contributed by atoms with Gasteiger partial charge in [-0.15, -0.1) is 11.3 Å². The van der Waals surface area contributed by atoms with Gasteiger partial charge in [0.1, 0.15) is 5.82 Å². The number of pyridine rings is 1. The van der Waals surface area contributed by atoms with Gasteiger partial charge >= 0.3 is 0 Å². The first-order chi connectivity index (χ1) is 7.24. The number of hydrogen-bond donors (Lipinski definition) is 2.